The first kappa shape index (κ1) is 12.9. The lowest BCUT2D eigenvalue weighted by molar-refractivity contribution is 0.750. The van der Waals surface area contributed by atoms with E-state index in [2.05, 4.69) is 14.5 Å². The number of halogens is 2. The smallest absolute Gasteiger partial charge is 0.112 e. The Hall–Kier alpha value is -1.10. The minimum Gasteiger partial charge on any atom is -0.321 e. The molecule has 3 aromatic rings. The van der Waals surface area contributed by atoms with Crippen LogP contribution in [0.25, 0.3) is 11.0 Å². The van der Waals surface area contributed by atoms with Crippen molar-refractivity contribution in [2.45, 2.75) is 13.0 Å². The molecule has 19 heavy (non-hydrogen) atoms. The van der Waals surface area contributed by atoms with Crippen molar-refractivity contribution in [1.82, 2.24) is 14.5 Å². The van der Waals surface area contributed by atoms with Crippen LogP contribution in [0.3, 0.4) is 0 Å². The second-order valence-corrected chi connectivity index (χ2v) is 5.91. The molecule has 0 atom stereocenters. The van der Waals surface area contributed by atoms with Crippen molar-refractivity contribution in [2.75, 3.05) is 5.88 Å². The number of fused-ring (bicyclic) bond motifs is 1. The summed E-state index contributed by atoms with van der Waals surface area (Å²) in [5.41, 5.74) is 1.98. The fourth-order valence-electron chi connectivity index (χ4n) is 2.07. The molecule has 0 bridgehead atoms. The number of aromatic nitrogens is 3. The lowest BCUT2D eigenvalue weighted by atomic mass is 10.3. The van der Waals surface area contributed by atoms with Crippen LogP contribution in [0.1, 0.15) is 10.8 Å². The molecule has 2 aromatic heterocycles. The highest BCUT2D eigenvalue weighted by atomic mass is 35.5. The summed E-state index contributed by atoms with van der Waals surface area (Å²) in [6.45, 7) is 0.724. The average Bonchev–Trinajstić information content (AvgIpc) is 2.99. The van der Waals surface area contributed by atoms with E-state index in [0.717, 1.165) is 34.8 Å². The molecule has 0 fully saturated rings. The van der Waals surface area contributed by atoms with Gasteiger partial charge in [-0.3, -0.25) is 0 Å². The third kappa shape index (κ3) is 2.61. The van der Waals surface area contributed by atoms with Crippen LogP contribution in [-0.4, -0.2) is 20.4 Å². The molecule has 0 amide bonds. The predicted octanol–water partition coefficient (Wildman–Crippen LogP) is 3.98. The molecule has 0 N–H and O–H groups in total. The van der Waals surface area contributed by atoms with E-state index in [1.54, 1.807) is 11.3 Å². The average molecular weight is 312 g/mol. The van der Waals surface area contributed by atoms with E-state index in [-0.39, 0.29) is 0 Å². The highest BCUT2D eigenvalue weighted by molar-refractivity contribution is 7.09. The molecule has 3 nitrogen and oxygen atoms in total. The maximum atomic E-state index is 6.01. The van der Waals surface area contributed by atoms with Crippen molar-refractivity contribution in [1.29, 1.82) is 0 Å². The summed E-state index contributed by atoms with van der Waals surface area (Å²) in [5.74, 6) is 1.53. The van der Waals surface area contributed by atoms with Gasteiger partial charge in [-0.2, -0.15) is 0 Å². The molecule has 6 heteroatoms. The Balaban J connectivity index is 2.10. The number of alkyl halides is 1. The van der Waals surface area contributed by atoms with E-state index in [1.165, 1.54) is 0 Å². The van der Waals surface area contributed by atoms with E-state index in [0.29, 0.717) is 10.9 Å². The van der Waals surface area contributed by atoms with Gasteiger partial charge in [0.25, 0.3) is 0 Å². The monoisotopic (exact) mass is 311 g/mol. The van der Waals surface area contributed by atoms with Gasteiger partial charge in [0.1, 0.15) is 10.8 Å². The number of hydrogen-bond acceptors (Lipinski definition) is 3. The predicted molar refractivity (Wildman–Crippen MR) is 80.4 cm³/mol. The van der Waals surface area contributed by atoms with E-state index >= 15 is 0 Å². The molecule has 0 aliphatic carbocycles. The molecule has 0 unspecified atom stereocenters. The lowest BCUT2D eigenvalue weighted by Gasteiger charge is -2.06. The Labute approximate surface area is 124 Å². The molecule has 0 saturated heterocycles. The molecule has 0 saturated carbocycles. The van der Waals surface area contributed by atoms with Gasteiger partial charge in [0.05, 0.1) is 17.6 Å². The summed E-state index contributed by atoms with van der Waals surface area (Å²) in [4.78, 5) is 8.94. The van der Waals surface area contributed by atoms with Crippen LogP contribution in [0.4, 0.5) is 0 Å². The number of rotatable bonds is 4. The van der Waals surface area contributed by atoms with E-state index in [1.807, 2.05) is 29.8 Å². The van der Waals surface area contributed by atoms with E-state index in [4.69, 9.17) is 23.2 Å². The highest BCUT2D eigenvalue weighted by Gasteiger charge is 2.12. The van der Waals surface area contributed by atoms with Gasteiger partial charge in [-0.25, -0.2) is 9.97 Å². The van der Waals surface area contributed by atoms with Gasteiger partial charge in [-0.05, 0) is 18.2 Å². The highest BCUT2D eigenvalue weighted by Crippen LogP contribution is 2.22. The van der Waals surface area contributed by atoms with Crippen molar-refractivity contribution in [3.8, 4) is 0 Å². The number of benzene rings is 1. The Morgan fingerprint density at radius 1 is 1.32 bits per heavy atom. The number of thiazole rings is 1. The largest absolute Gasteiger partial charge is 0.321 e. The SMILES string of the molecule is ClCCc1nc2cc(Cl)ccc2n1Cc1nccs1. The molecular formula is C13H11Cl2N3S. The zero-order valence-corrected chi connectivity index (χ0v) is 12.3. The second kappa shape index (κ2) is 5.49. The zero-order chi connectivity index (χ0) is 13.2. The van der Waals surface area contributed by atoms with Crippen LogP contribution in [0.5, 0.6) is 0 Å². The van der Waals surface area contributed by atoms with Gasteiger partial charge >= 0.3 is 0 Å². The molecule has 2 heterocycles. The second-order valence-electron chi connectivity index (χ2n) is 4.11. The van der Waals surface area contributed by atoms with Crippen LogP contribution in [-0.2, 0) is 13.0 Å². The maximum absolute atomic E-state index is 6.01. The molecule has 1 aromatic carbocycles. The molecular weight excluding hydrogens is 301 g/mol. The van der Waals surface area contributed by atoms with Crippen molar-refractivity contribution < 1.29 is 0 Å². The minimum atomic E-state index is 0.551. The van der Waals surface area contributed by atoms with Crippen LogP contribution in [0, 0.1) is 0 Å². The van der Waals surface area contributed by atoms with Crippen LogP contribution < -0.4 is 0 Å². The molecule has 3 rings (SSSR count). The summed E-state index contributed by atoms with van der Waals surface area (Å²) in [6, 6.07) is 5.76. The van der Waals surface area contributed by atoms with Gasteiger partial charge in [-0.15, -0.1) is 22.9 Å². The van der Waals surface area contributed by atoms with Crippen LogP contribution in [0.2, 0.25) is 5.02 Å². The Morgan fingerprint density at radius 2 is 2.21 bits per heavy atom. The summed E-state index contributed by atoms with van der Waals surface area (Å²) < 4.78 is 2.16. The molecule has 98 valence electrons. The van der Waals surface area contributed by atoms with E-state index in [9.17, 15) is 0 Å². The molecule has 0 spiro atoms. The third-order valence-corrected chi connectivity index (χ3v) is 4.07. The van der Waals surface area contributed by atoms with Crippen LogP contribution in [0.15, 0.2) is 29.8 Å². The van der Waals surface area contributed by atoms with Gasteiger partial charge in [0, 0.05) is 28.9 Å². The summed E-state index contributed by atoms with van der Waals surface area (Å²) >= 11 is 13.5. The first-order chi connectivity index (χ1) is 9.28. The quantitative estimate of drug-likeness (QED) is 0.682. The normalized spacial score (nSPS) is 11.3. The van der Waals surface area contributed by atoms with E-state index < -0.39 is 0 Å². The number of imidazole rings is 1. The topological polar surface area (TPSA) is 30.7 Å². The Bertz CT molecular complexity index is 691. The summed E-state index contributed by atoms with van der Waals surface area (Å²) in [7, 11) is 0. The van der Waals surface area contributed by atoms with Crippen molar-refractivity contribution in [2.24, 2.45) is 0 Å². The summed E-state index contributed by atoms with van der Waals surface area (Å²) in [5, 5.41) is 3.74. The minimum absolute atomic E-state index is 0.551. The van der Waals surface area contributed by atoms with Crippen molar-refractivity contribution in [3.05, 3.63) is 45.6 Å². The fourth-order valence-corrected chi connectivity index (χ4v) is 3.01. The number of nitrogens with zero attached hydrogens (tertiary/aromatic N) is 3. The number of hydrogen-bond donors (Lipinski definition) is 0. The van der Waals surface area contributed by atoms with Gasteiger partial charge in [-0.1, -0.05) is 11.6 Å². The zero-order valence-electron chi connectivity index (χ0n) is 10.0. The molecule has 0 aliphatic heterocycles. The van der Waals surface area contributed by atoms with Gasteiger partial charge in [0.15, 0.2) is 0 Å². The standard InChI is InChI=1S/C13H11Cl2N3S/c14-4-3-12-17-10-7-9(15)1-2-11(10)18(12)8-13-16-5-6-19-13/h1-2,5-7H,3-4,8H2. The first-order valence-corrected chi connectivity index (χ1v) is 7.66. The van der Waals surface area contributed by atoms with Crippen molar-refractivity contribution >= 4 is 45.6 Å². The molecule has 0 aliphatic rings. The first-order valence-electron chi connectivity index (χ1n) is 5.87. The van der Waals surface area contributed by atoms with Crippen LogP contribution >= 0.6 is 34.5 Å². The third-order valence-electron chi connectivity index (χ3n) is 2.88. The van der Waals surface area contributed by atoms with Gasteiger partial charge < -0.3 is 4.57 Å². The van der Waals surface area contributed by atoms with Gasteiger partial charge in [0.2, 0.25) is 0 Å². The fraction of sp³-hybridized carbons (Fsp3) is 0.231. The Morgan fingerprint density at radius 3 is 2.95 bits per heavy atom. The van der Waals surface area contributed by atoms with Crippen molar-refractivity contribution in [3.63, 3.8) is 0 Å². The summed E-state index contributed by atoms with van der Waals surface area (Å²) in [6.07, 6.45) is 2.55. The molecule has 0 radical (unpaired) electrons. The Kier molecular flexibility index (Phi) is 3.73. The lowest BCUT2D eigenvalue weighted by Crippen LogP contribution is -2.05. The maximum Gasteiger partial charge on any atom is 0.112 e. The number of aryl methyl sites for hydroxylation is 1.